The molecule has 114 valence electrons. The third-order valence-electron chi connectivity index (χ3n) is 3.63. The standard InChI is InChI=1S/C15H20BrN3O2/c1-10-8-17-6-5-13(10)19-14(20)9-18-15(21)11-3-2-4-12(16)7-11/h2-4,7,10,13,17H,5-6,8-9H2,1H3,(H,18,21)(H,19,20). The summed E-state index contributed by atoms with van der Waals surface area (Å²) in [6.07, 6.45) is 0.923. The van der Waals surface area contributed by atoms with Gasteiger partial charge in [0.25, 0.3) is 5.91 Å². The number of hydrogen-bond acceptors (Lipinski definition) is 3. The fourth-order valence-corrected chi connectivity index (χ4v) is 2.78. The molecular formula is C15H20BrN3O2. The molecule has 21 heavy (non-hydrogen) atoms. The van der Waals surface area contributed by atoms with E-state index in [0.29, 0.717) is 11.5 Å². The van der Waals surface area contributed by atoms with Gasteiger partial charge in [-0.25, -0.2) is 0 Å². The van der Waals surface area contributed by atoms with Crippen LogP contribution in [0.2, 0.25) is 0 Å². The zero-order valence-corrected chi connectivity index (χ0v) is 13.6. The van der Waals surface area contributed by atoms with Crippen molar-refractivity contribution in [1.82, 2.24) is 16.0 Å². The number of carbonyl (C=O) groups excluding carboxylic acids is 2. The summed E-state index contributed by atoms with van der Waals surface area (Å²) >= 11 is 3.32. The highest BCUT2D eigenvalue weighted by Gasteiger charge is 2.22. The molecule has 6 heteroatoms. The minimum absolute atomic E-state index is 0.00198. The summed E-state index contributed by atoms with van der Waals surface area (Å²) in [5.41, 5.74) is 0.535. The van der Waals surface area contributed by atoms with E-state index in [2.05, 4.69) is 38.8 Å². The molecule has 0 aromatic heterocycles. The van der Waals surface area contributed by atoms with E-state index in [9.17, 15) is 9.59 Å². The van der Waals surface area contributed by atoms with Gasteiger partial charge in [-0.15, -0.1) is 0 Å². The highest BCUT2D eigenvalue weighted by Crippen LogP contribution is 2.11. The minimum Gasteiger partial charge on any atom is -0.351 e. The molecule has 1 aromatic rings. The van der Waals surface area contributed by atoms with Crippen LogP contribution in [-0.4, -0.2) is 37.5 Å². The zero-order chi connectivity index (χ0) is 15.2. The Bertz CT molecular complexity index is 521. The molecule has 1 heterocycles. The minimum atomic E-state index is -0.246. The molecule has 0 bridgehead atoms. The Kier molecular flexibility index (Phi) is 5.76. The van der Waals surface area contributed by atoms with Gasteiger partial charge in [-0.3, -0.25) is 9.59 Å². The van der Waals surface area contributed by atoms with Crippen LogP contribution >= 0.6 is 15.9 Å². The topological polar surface area (TPSA) is 70.2 Å². The quantitative estimate of drug-likeness (QED) is 0.763. The number of halogens is 1. The molecule has 0 spiro atoms. The Balaban J connectivity index is 1.79. The van der Waals surface area contributed by atoms with Gasteiger partial charge in [-0.2, -0.15) is 0 Å². The Morgan fingerprint density at radius 2 is 2.24 bits per heavy atom. The second kappa shape index (κ2) is 7.56. The molecule has 3 N–H and O–H groups in total. The summed E-state index contributed by atoms with van der Waals surface area (Å²) in [6, 6.07) is 7.26. The molecule has 2 amide bonds. The number of nitrogens with one attached hydrogen (secondary N) is 3. The molecule has 0 aliphatic carbocycles. The van der Waals surface area contributed by atoms with E-state index >= 15 is 0 Å². The van der Waals surface area contributed by atoms with E-state index in [1.165, 1.54) is 0 Å². The van der Waals surface area contributed by atoms with Crippen LogP contribution in [0.15, 0.2) is 28.7 Å². The SMILES string of the molecule is CC1CNCCC1NC(=O)CNC(=O)c1cccc(Br)c1. The van der Waals surface area contributed by atoms with Crippen LogP contribution in [0.5, 0.6) is 0 Å². The molecule has 2 rings (SSSR count). The molecule has 1 aliphatic heterocycles. The van der Waals surface area contributed by atoms with Gasteiger partial charge >= 0.3 is 0 Å². The lowest BCUT2D eigenvalue weighted by molar-refractivity contribution is -0.121. The zero-order valence-electron chi connectivity index (χ0n) is 12.0. The van der Waals surface area contributed by atoms with Crippen LogP contribution in [0.3, 0.4) is 0 Å². The largest absolute Gasteiger partial charge is 0.351 e. The molecule has 1 aliphatic rings. The average Bonchev–Trinajstić information content (AvgIpc) is 2.47. The van der Waals surface area contributed by atoms with E-state index in [-0.39, 0.29) is 24.4 Å². The summed E-state index contributed by atoms with van der Waals surface area (Å²) < 4.78 is 0.836. The number of hydrogen-bond donors (Lipinski definition) is 3. The maximum absolute atomic E-state index is 11.9. The molecule has 1 saturated heterocycles. The van der Waals surface area contributed by atoms with Crippen molar-refractivity contribution in [1.29, 1.82) is 0 Å². The highest BCUT2D eigenvalue weighted by atomic mass is 79.9. The summed E-state index contributed by atoms with van der Waals surface area (Å²) in [4.78, 5) is 23.8. The molecule has 2 atom stereocenters. The number of carbonyl (C=O) groups is 2. The van der Waals surface area contributed by atoms with Gasteiger partial charge in [-0.1, -0.05) is 28.9 Å². The second-order valence-electron chi connectivity index (χ2n) is 5.34. The number of piperidine rings is 1. The maximum atomic E-state index is 11.9. The van der Waals surface area contributed by atoms with Gasteiger partial charge in [0.2, 0.25) is 5.91 Å². The lowest BCUT2D eigenvalue weighted by atomic mass is 9.95. The van der Waals surface area contributed by atoms with Crippen molar-refractivity contribution >= 4 is 27.7 Å². The summed E-state index contributed by atoms with van der Waals surface area (Å²) in [6.45, 7) is 3.94. The Morgan fingerprint density at radius 3 is 2.95 bits per heavy atom. The molecule has 1 aromatic carbocycles. The van der Waals surface area contributed by atoms with Crippen molar-refractivity contribution in [2.75, 3.05) is 19.6 Å². The first kappa shape index (κ1) is 16.0. The lowest BCUT2D eigenvalue weighted by Gasteiger charge is -2.30. The third-order valence-corrected chi connectivity index (χ3v) is 4.12. The number of benzene rings is 1. The monoisotopic (exact) mass is 353 g/mol. The normalized spacial score (nSPS) is 21.6. The van der Waals surface area contributed by atoms with Crippen molar-refractivity contribution in [3.05, 3.63) is 34.3 Å². The van der Waals surface area contributed by atoms with Gasteiger partial charge in [0, 0.05) is 16.1 Å². The maximum Gasteiger partial charge on any atom is 0.251 e. The van der Waals surface area contributed by atoms with Gasteiger partial charge in [0.15, 0.2) is 0 Å². The smallest absolute Gasteiger partial charge is 0.251 e. The first-order chi connectivity index (χ1) is 10.1. The van der Waals surface area contributed by atoms with Crippen molar-refractivity contribution in [3.63, 3.8) is 0 Å². The lowest BCUT2D eigenvalue weighted by Crippen LogP contribution is -2.50. The van der Waals surface area contributed by atoms with Crippen molar-refractivity contribution in [3.8, 4) is 0 Å². The van der Waals surface area contributed by atoms with Crippen LogP contribution in [0, 0.1) is 5.92 Å². The Hall–Kier alpha value is -1.40. The van der Waals surface area contributed by atoms with Gasteiger partial charge in [0.05, 0.1) is 6.54 Å². The van der Waals surface area contributed by atoms with Crippen molar-refractivity contribution in [2.24, 2.45) is 5.92 Å². The summed E-state index contributed by atoms with van der Waals surface area (Å²) in [7, 11) is 0. The van der Waals surface area contributed by atoms with Gasteiger partial charge < -0.3 is 16.0 Å². The molecule has 5 nitrogen and oxygen atoms in total. The molecule has 0 radical (unpaired) electrons. The molecular weight excluding hydrogens is 334 g/mol. The van der Waals surface area contributed by atoms with Gasteiger partial charge in [0.1, 0.15) is 0 Å². The van der Waals surface area contributed by atoms with Crippen molar-refractivity contribution < 1.29 is 9.59 Å². The fourth-order valence-electron chi connectivity index (χ4n) is 2.38. The molecule has 2 unspecified atom stereocenters. The Labute approximate surface area is 133 Å². The number of amides is 2. The fraction of sp³-hybridized carbons (Fsp3) is 0.467. The van der Waals surface area contributed by atoms with E-state index in [0.717, 1.165) is 24.0 Å². The Morgan fingerprint density at radius 1 is 1.43 bits per heavy atom. The van der Waals surface area contributed by atoms with E-state index < -0.39 is 0 Å². The van der Waals surface area contributed by atoms with Crippen LogP contribution in [0.1, 0.15) is 23.7 Å². The van der Waals surface area contributed by atoms with Crippen LogP contribution < -0.4 is 16.0 Å². The highest BCUT2D eigenvalue weighted by molar-refractivity contribution is 9.10. The average molecular weight is 354 g/mol. The second-order valence-corrected chi connectivity index (χ2v) is 6.25. The van der Waals surface area contributed by atoms with Crippen molar-refractivity contribution in [2.45, 2.75) is 19.4 Å². The first-order valence-corrected chi connectivity index (χ1v) is 7.89. The van der Waals surface area contributed by atoms with Crippen LogP contribution in [0.4, 0.5) is 0 Å². The summed E-state index contributed by atoms with van der Waals surface area (Å²) in [5, 5.41) is 8.92. The van der Waals surface area contributed by atoms with E-state index in [1.54, 1.807) is 18.2 Å². The first-order valence-electron chi connectivity index (χ1n) is 7.10. The third kappa shape index (κ3) is 4.82. The molecule has 0 saturated carbocycles. The predicted molar refractivity (Wildman–Crippen MR) is 85.1 cm³/mol. The molecule has 1 fully saturated rings. The van der Waals surface area contributed by atoms with E-state index in [1.807, 2.05) is 6.07 Å². The predicted octanol–water partition coefficient (Wildman–Crippen LogP) is 1.29. The van der Waals surface area contributed by atoms with Gasteiger partial charge in [-0.05, 0) is 43.6 Å². The van der Waals surface area contributed by atoms with E-state index in [4.69, 9.17) is 0 Å². The summed E-state index contributed by atoms with van der Waals surface area (Å²) in [5.74, 6) is 0.0189. The van der Waals surface area contributed by atoms with Crippen LogP contribution in [-0.2, 0) is 4.79 Å². The van der Waals surface area contributed by atoms with Crippen LogP contribution in [0.25, 0.3) is 0 Å². The number of rotatable bonds is 4.